The van der Waals surface area contributed by atoms with Gasteiger partial charge in [0.1, 0.15) is 0 Å². The zero-order valence-electron chi connectivity index (χ0n) is 13.3. The number of nitrogens with zero attached hydrogens (tertiary/aromatic N) is 1. The van der Waals surface area contributed by atoms with Gasteiger partial charge in [0.05, 0.1) is 0 Å². The molecule has 0 spiro atoms. The first-order chi connectivity index (χ1) is 11.3. The molecule has 2 fully saturated rings. The molecule has 1 N–H and O–H groups in total. The third-order valence-electron chi connectivity index (χ3n) is 5.73. The molecule has 1 aromatic heterocycles. The number of fused-ring (bicyclic) bond motifs is 1. The largest absolute Gasteiger partial charge is 0.309 e. The zero-order valence-corrected chi connectivity index (χ0v) is 14.0. The number of hydrogen-bond acceptors (Lipinski definition) is 2. The van der Waals surface area contributed by atoms with E-state index in [1.54, 1.807) is 0 Å². The Balaban J connectivity index is 1.51. The van der Waals surface area contributed by atoms with Crippen LogP contribution in [0.2, 0.25) is 5.02 Å². The number of benzene rings is 1. The Kier molecular flexibility index (Phi) is 4.37. The first-order valence-electron chi connectivity index (χ1n) is 8.71. The Morgan fingerprint density at radius 3 is 2.39 bits per heavy atom. The summed E-state index contributed by atoms with van der Waals surface area (Å²) in [7, 11) is 0. The third-order valence-corrected chi connectivity index (χ3v) is 5.98. The summed E-state index contributed by atoms with van der Waals surface area (Å²) < 4.78 is 0. The molecule has 2 saturated carbocycles. The fourth-order valence-electron chi connectivity index (χ4n) is 4.62. The SMILES string of the molecule is Clc1ccc([C@H]2[C@H]3CCCC[C@H]3[C@@H]2NCc2ccncc2)cc1. The van der Waals surface area contributed by atoms with Gasteiger partial charge in [-0.2, -0.15) is 0 Å². The van der Waals surface area contributed by atoms with E-state index in [1.807, 2.05) is 24.5 Å². The van der Waals surface area contributed by atoms with Crippen molar-refractivity contribution in [3.05, 3.63) is 64.9 Å². The number of pyridine rings is 1. The smallest absolute Gasteiger partial charge is 0.0406 e. The summed E-state index contributed by atoms with van der Waals surface area (Å²) in [5.41, 5.74) is 2.76. The molecule has 0 saturated heterocycles. The van der Waals surface area contributed by atoms with Gasteiger partial charge in [0, 0.05) is 35.9 Å². The summed E-state index contributed by atoms with van der Waals surface area (Å²) in [4.78, 5) is 4.10. The van der Waals surface area contributed by atoms with Crippen LogP contribution in [0.1, 0.15) is 42.7 Å². The van der Waals surface area contributed by atoms with E-state index in [0.717, 1.165) is 23.4 Å². The van der Waals surface area contributed by atoms with Crippen LogP contribution in [0, 0.1) is 11.8 Å². The third kappa shape index (κ3) is 3.02. The second-order valence-corrected chi connectivity index (χ2v) is 7.39. The van der Waals surface area contributed by atoms with Crippen molar-refractivity contribution in [2.24, 2.45) is 11.8 Å². The quantitative estimate of drug-likeness (QED) is 0.873. The van der Waals surface area contributed by atoms with Crippen LogP contribution in [0.3, 0.4) is 0 Å². The van der Waals surface area contributed by atoms with Gasteiger partial charge in [0.25, 0.3) is 0 Å². The lowest BCUT2D eigenvalue weighted by Crippen LogP contribution is -2.57. The molecular weight excluding hydrogens is 304 g/mol. The van der Waals surface area contributed by atoms with Gasteiger partial charge in [-0.1, -0.05) is 36.6 Å². The van der Waals surface area contributed by atoms with Crippen LogP contribution >= 0.6 is 11.6 Å². The van der Waals surface area contributed by atoms with Gasteiger partial charge in [-0.15, -0.1) is 0 Å². The van der Waals surface area contributed by atoms with Gasteiger partial charge in [-0.3, -0.25) is 4.98 Å². The highest BCUT2D eigenvalue weighted by atomic mass is 35.5. The van der Waals surface area contributed by atoms with Gasteiger partial charge in [0.15, 0.2) is 0 Å². The Bertz CT molecular complexity index is 640. The highest BCUT2D eigenvalue weighted by Crippen LogP contribution is 2.54. The lowest BCUT2D eigenvalue weighted by atomic mass is 9.53. The molecule has 0 bridgehead atoms. The van der Waals surface area contributed by atoms with E-state index in [0.29, 0.717) is 12.0 Å². The molecule has 2 nitrogen and oxygen atoms in total. The van der Waals surface area contributed by atoms with Crippen LogP contribution in [-0.2, 0) is 6.54 Å². The molecule has 120 valence electrons. The number of rotatable bonds is 4. The monoisotopic (exact) mass is 326 g/mol. The fourth-order valence-corrected chi connectivity index (χ4v) is 4.75. The molecule has 4 atom stereocenters. The molecule has 2 aromatic rings. The van der Waals surface area contributed by atoms with Crippen LogP contribution in [0.5, 0.6) is 0 Å². The van der Waals surface area contributed by atoms with Crippen LogP contribution in [-0.4, -0.2) is 11.0 Å². The average Bonchev–Trinajstić information content (AvgIpc) is 2.59. The molecule has 1 aromatic carbocycles. The predicted octanol–water partition coefficient (Wildman–Crippen LogP) is 4.80. The van der Waals surface area contributed by atoms with Gasteiger partial charge >= 0.3 is 0 Å². The van der Waals surface area contributed by atoms with Crippen LogP contribution < -0.4 is 5.32 Å². The van der Waals surface area contributed by atoms with Gasteiger partial charge in [-0.25, -0.2) is 0 Å². The summed E-state index contributed by atoms with van der Waals surface area (Å²) >= 11 is 6.07. The van der Waals surface area contributed by atoms with Crippen molar-refractivity contribution in [2.75, 3.05) is 0 Å². The van der Waals surface area contributed by atoms with E-state index in [4.69, 9.17) is 11.6 Å². The minimum Gasteiger partial charge on any atom is -0.309 e. The summed E-state index contributed by atoms with van der Waals surface area (Å²) in [5, 5.41) is 4.67. The second-order valence-electron chi connectivity index (χ2n) is 6.95. The number of nitrogens with one attached hydrogen (secondary N) is 1. The molecular formula is C20H23ClN2. The maximum absolute atomic E-state index is 6.07. The minimum atomic E-state index is 0.592. The molecule has 2 aliphatic carbocycles. The Morgan fingerprint density at radius 1 is 0.957 bits per heavy atom. The Labute approximate surface area is 143 Å². The predicted molar refractivity (Wildman–Crippen MR) is 94.5 cm³/mol. The van der Waals surface area contributed by atoms with Crippen molar-refractivity contribution < 1.29 is 0 Å². The van der Waals surface area contributed by atoms with Crippen LogP contribution in [0.4, 0.5) is 0 Å². The van der Waals surface area contributed by atoms with Crippen LogP contribution in [0.25, 0.3) is 0 Å². The normalized spacial score (nSPS) is 29.6. The molecule has 0 unspecified atom stereocenters. The second kappa shape index (κ2) is 6.62. The molecule has 0 radical (unpaired) electrons. The Morgan fingerprint density at radius 2 is 1.65 bits per heavy atom. The summed E-state index contributed by atoms with van der Waals surface area (Å²) in [6.07, 6.45) is 9.29. The van der Waals surface area contributed by atoms with E-state index in [-0.39, 0.29) is 0 Å². The molecule has 0 amide bonds. The first-order valence-corrected chi connectivity index (χ1v) is 9.08. The van der Waals surface area contributed by atoms with Gasteiger partial charge < -0.3 is 5.32 Å². The van der Waals surface area contributed by atoms with E-state index >= 15 is 0 Å². The number of halogens is 1. The van der Waals surface area contributed by atoms with Crippen LogP contribution in [0.15, 0.2) is 48.8 Å². The highest BCUT2D eigenvalue weighted by molar-refractivity contribution is 6.30. The average molecular weight is 327 g/mol. The van der Waals surface area contributed by atoms with E-state index in [9.17, 15) is 0 Å². The zero-order chi connectivity index (χ0) is 15.6. The van der Waals surface area contributed by atoms with Gasteiger partial charge in [0.2, 0.25) is 0 Å². The van der Waals surface area contributed by atoms with Crippen molar-refractivity contribution in [3.8, 4) is 0 Å². The summed E-state index contributed by atoms with van der Waals surface area (Å²) in [5.74, 6) is 2.32. The topological polar surface area (TPSA) is 24.9 Å². The Hall–Kier alpha value is -1.38. The van der Waals surface area contributed by atoms with Crippen molar-refractivity contribution in [1.29, 1.82) is 0 Å². The molecule has 1 heterocycles. The standard InChI is InChI=1S/C20H23ClN2/c21-16-7-5-15(6-8-16)19-17-3-1-2-4-18(17)20(19)23-13-14-9-11-22-12-10-14/h5-12,17-20,23H,1-4,13H2/t17-,18+,19-,20-/m0/s1. The van der Waals surface area contributed by atoms with E-state index in [1.165, 1.54) is 36.8 Å². The molecule has 23 heavy (non-hydrogen) atoms. The molecule has 2 aliphatic rings. The molecule has 0 aliphatic heterocycles. The maximum Gasteiger partial charge on any atom is 0.0406 e. The first kappa shape index (κ1) is 15.2. The summed E-state index contributed by atoms with van der Waals surface area (Å²) in [6, 6.07) is 13.3. The molecule has 3 heteroatoms. The number of hydrogen-bond donors (Lipinski definition) is 1. The van der Waals surface area contributed by atoms with E-state index < -0.39 is 0 Å². The van der Waals surface area contributed by atoms with Crippen molar-refractivity contribution in [3.63, 3.8) is 0 Å². The highest BCUT2D eigenvalue weighted by Gasteiger charge is 2.50. The lowest BCUT2D eigenvalue weighted by molar-refractivity contribution is 0.0254. The molecule has 4 rings (SSSR count). The van der Waals surface area contributed by atoms with Crippen molar-refractivity contribution in [1.82, 2.24) is 10.3 Å². The maximum atomic E-state index is 6.07. The van der Waals surface area contributed by atoms with E-state index in [2.05, 4.69) is 34.6 Å². The lowest BCUT2D eigenvalue weighted by Gasteiger charge is -2.55. The number of aromatic nitrogens is 1. The van der Waals surface area contributed by atoms with Crippen molar-refractivity contribution >= 4 is 11.6 Å². The van der Waals surface area contributed by atoms with Crippen molar-refractivity contribution in [2.45, 2.75) is 44.2 Å². The minimum absolute atomic E-state index is 0.592. The summed E-state index contributed by atoms with van der Waals surface area (Å²) in [6.45, 7) is 0.931. The van der Waals surface area contributed by atoms with Gasteiger partial charge in [-0.05, 0) is 60.1 Å². The fraction of sp³-hybridized carbons (Fsp3) is 0.450.